The summed E-state index contributed by atoms with van der Waals surface area (Å²) in [6.45, 7) is -1.38. The molecule has 1 amide bonds. The lowest BCUT2D eigenvalue weighted by Gasteiger charge is -2.25. The van der Waals surface area contributed by atoms with Crippen LogP contribution in [0.15, 0.2) is 0 Å². The van der Waals surface area contributed by atoms with Crippen molar-refractivity contribution < 1.29 is 18.0 Å². The van der Waals surface area contributed by atoms with Crippen LogP contribution in [-0.4, -0.2) is 29.7 Å². The van der Waals surface area contributed by atoms with Crippen LogP contribution in [0.25, 0.3) is 0 Å². The zero-order valence-corrected chi connectivity index (χ0v) is 10.7. The van der Waals surface area contributed by atoms with E-state index in [0.717, 1.165) is 30.6 Å². The summed E-state index contributed by atoms with van der Waals surface area (Å²) in [6.07, 6.45) is -1.26. The van der Waals surface area contributed by atoms with Gasteiger partial charge in [0.2, 0.25) is 0 Å². The molecule has 106 valence electrons. The molecule has 1 fully saturated rings. The zero-order chi connectivity index (χ0) is 14.0. The maximum atomic E-state index is 12.0. The maximum absolute atomic E-state index is 12.0. The molecular formula is C10H13F3N4OS. The van der Waals surface area contributed by atoms with Crippen LogP contribution in [0.4, 0.5) is 24.1 Å². The lowest BCUT2D eigenvalue weighted by atomic mass is 9.93. The molecule has 1 aromatic heterocycles. The number of rotatable bonds is 4. The summed E-state index contributed by atoms with van der Waals surface area (Å²) in [7, 11) is 0. The first kappa shape index (κ1) is 13.9. The molecule has 0 spiro atoms. The molecule has 0 atom stereocenters. The Morgan fingerprint density at radius 2 is 2.16 bits per heavy atom. The van der Waals surface area contributed by atoms with Crippen molar-refractivity contribution in [1.29, 1.82) is 0 Å². The van der Waals surface area contributed by atoms with Gasteiger partial charge in [0.1, 0.15) is 17.2 Å². The van der Waals surface area contributed by atoms with Gasteiger partial charge in [-0.15, -0.1) is 0 Å². The number of nitrogens with zero attached hydrogens (tertiary/aromatic N) is 1. The quantitative estimate of drug-likeness (QED) is 0.793. The molecule has 2 rings (SSSR count). The van der Waals surface area contributed by atoms with Gasteiger partial charge in [-0.3, -0.25) is 4.79 Å². The average molecular weight is 294 g/mol. The predicted octanol–water partition coefficient (Wildman–Crippen LogP) is 1.98. The van der Waals surface area contributed by atoms with Crippen LogP contribution in [0.3, 0.4) is 0 Å². The van der Waals surface area contributed by atoms with E-state index in [1.807, 2.05) is 0 Å². The fourth-order valence-corrected chi connectivity index (χ4v) is 2.42. The van der Waals surface area contributed by atoms with E-state index in [4.69, 9.17) is 5.73 Å². The molecule has 4 N–H and O–H groups in total. The molecule has 1 aliphatic carbocycles. The van der Waals surface area contributed by atoms with Crippen molar-refractivity contribution in [3.63, 3.8) is 0 Å². The first-order valence-electron chi connectivity index (χ1n) is 5.73. The first-order valence-corrected chi connectivity index (χ1v) is 6.54. The Morgan fingerprint density at radius 1 is 1.47 bits per heavy atom. The van der Waals surface area contributed by atoms with Crippen LogP contribution in [-0.2, 0) is 0 Å². The normalized spacial score (nSPS) is 15.9. The first-order chi connectivity index (χ1) is 8.85. The van der Waals surface area contributed by atoms with Gasteiger partial charge in [-0.05, 0) is 19.3 Å². The van der Waals surface area contributed by atoms with Crippen LogP contribution in [0.5, 0.6) is 0 Å². The largest absolute Gasteiger partial charge is 0.405 e. The van der Waals surface area contributed by atoms with Crippen molar-refractivity contribution in [3.05, 3.63) is 4.88 Å². The van der Waals surface area contributed by atoms with Gasteiger partial charge < -0.3 is 16.4 Å². The van der Waals surface area contributed by atoms with Gasteiger partial charge in [0.05, 0.1) is 0 Å². The molecule has 0 saturated heterocycles. The minimum atomic E-state index is -4.44. The highest BCUT2D eigenvalue weighted by Gasteiger charge is 2.29. The second kappa shape index (κ2) is 5.24. The number of nitrogen functional groups attached to an aromatic ring is 1. The smallest absolute Gasteiger partial charge is 0.382 e. The van der Waals surface area contributed by atoms with Gasteiger partial charge >= 0.3 is 6.18 Å². The van der Waals surface area contributed by atoms with E-state index in [9.17, 15) is 18.0 Å². The average Bonchev–Trinajstić information content (AvgIpc) is 2.61. The van der Waals surface area contributed by atoms with E-state index in [-0.39, 0.29) is 10.7 Å². The van der Waals surface area contributed by atoms with Gasteiger partial charge in [0.25, 0.3) is 5.91 Å². The fraction of sp³-hybridized carbons (Fsp3) is 0.600. The van der Waals surface area contributed by atoms with E-state index in [1.54, 1.807) is 5.32 Å². The SMILES string of the molecule is Nc1nc(NC2CCC2)sc1C(=O)NCC(F)(F)F. The molecule has 5 nitrogen and oxygen atoms in total. The highest BCUT2D eigenvalue weighted by molar-refractivity contribution is 7.18. The molecule has 0 aliphatic heterocycles. The molecule has 0 bridgehead atoms. The molecule has 19 heavy (non-hydrogen) atoms. The Labute approximate surface area is 111 Å². The number of thiazole rings is 1. The van der Waals surface area contributed by atoms with Crippen LogP contribution >= 0.6 is 11.3 Å². The minimum Gasteiger partial charge on any atom is -0.382 e. The number of hydrogen-bond donors (Lipinski definition) is 3. The lowest BCUT2D eigenvalue weighted by Crippen LogP contribution is -2.33. The molecule has 1 aromatic rings. The third kappa shape index (κ3) is 3.72. The van der Waals surface area contributed by atoms with Crippen molar-refractivity contribution in [2.45, 2.75) is 31.5 Å². The number of carbonyl (C=O) groups is 1. The highest BCUT2D eigenvalue weighted by Crippen LogP contribution is 2.29. The van der Waals surface area contributed by atoms with E-state index in [2.05, 4.69) is 10.3 Å². The molecule has 0 radical (unpaired) electrons. The van der Waals surface area contributed by atoms with E-state index >= 15 is 0 Å². The molecule has 0 aromatic carbocycles. The van der Waals surface area contributed by atoms with Crippen LogP contribution in [0, 0.1) is 0 Å². The molecule has 0 unspecified atom stereocenters. The predicted molar refractivity (Wildman–Crippen MR) is 66.2 cm³/mol. The van der Waals surface area contributed by atoms with Crippen LogP contribution in [0.2, 0.25) is 0 Å². The summed E-state index contributed by atoms with van der Waals surface area (Å²) < 4.78 is 36.0. The number of hydrogen-bond acceptors (Lipinski definition) is 5. The van der Waals surface area contributed by atoms with Gasteiger partial charge in [-0.1, -0.05) is 11.3 Å². The van der Waals surface area contributed by atoms with Crippen molar-refractivity contribution in [2.24, 2.45) is 0 Å². The number of aromatic nitrogens is 1. The highest BCUT2D eigenvalue weighted by atomic mass is 32.1. The summed E-state index contributed by atoms with van der Waals surface area (Å²) in [6, 6.07) is 0.316. The molecule has 9 heteroatoms. The van der Waals surface area contributed by atoms with Crippen molar-refractivity contribution in [1.82, 2.24) is 10.3 Å². The summed E-state index contributed by atoms with van der Waals surface area (Å²) in [5, 5.41) is 5.34. The van der Waals surface area contributed by atoms with E-state index in [1.165, 1.54) is 0 Å². The Morgan fingerprint density at radius 3 is 2.68 bits per heavy atom. The van der Waals surface area contributed by atoms with Gasteiger partial charge in [0, 0.05) is 6.04 Å². The number of nitrogens with two attached hydrogens (primary N) is 1. The molecule has 1 saturated carbocycles. The Kier molecular flexibility index (Phi) is 3.83. The standard InChI is InChI=1S/C10H13F3N4OS/c11-10(12,13)4-15-8(18)6-7(14)17-9(19-6)16-5-2-1-3-5/h5H,1-4,14H2,(H,15,18)(H,16,17). The number of alkyl halides is 3. The van der Waals surface area contributed by atoms with Crippen molar-refractivity contribution in [3.8, 4) is 0 Å². The van der Waals surface area contributed by atoms with Crippen molar-refractivity contribution in [2.75, 3.05) is 17.6 Å². The topological polar surface area (TPSA) is 80.0 Å². The van der Waals surface area contributed by atoms with Crippen LogP contribution in [0.1, 0.15) is 28.9 Å². The Balaban J connectivity index is 1.96. The Hall–Kier alpha value is -1.51. The zero-order valence-electron chi connectivity index (χ0n) is 9.88. The van der Waals surface area contributed by atoms with E-state index in [0.29, 0.717) is 11.2 Å². The summed E-state index contributed by atoms with van der Waals surface area (Å²) in [5.41, 5.74) is 5.53. The minimum absolute atomic E-state index is 0.00562. The Bertz CT molecular complexity index is 470. The summed E-state index contributed by atoms with van der Waals surface area (Å²) in [4.78, 5) is 15.5. The summed E-state index contributed by atoms with van der Waals surface area (Å²) >= 11 is 0.969. The van der Waals surface area contributed by atoms with Gasteiger partial charge in [-0.2, -0.15) is 13.2 Å². The number of carbonyl (C=O) groups excluding carboxylic acids is 1. The van der Waals surface area contributed by atoms with Gasteiger partial charge in [0.15, 0.2) is 5.13 Å². The van der Waals surface area contributed by atoms with Crippen LogP contribution < -0.4 is 16.4 Å². The third-order valence-corrected chi connectivity index (χ3v) is 3.74. The summed E-state index contributed by atoms with van der Waals surface area (Å²) in [5.74, 6) is -0.902. The van der Waals surface area contributed by atoms with Crippen molar-refractivity contribution >= 4 is 28.2 Å². The number of amides is 1. The second-order valence-corrected chi connectivity index (χ2v) is 5.30. The monoisotopic (exact) mass is 294 g/mol. The molecular weight excluding hydrogens is 281 g/mol. The lowest BCUT2D eigenvalue weighted by molar-refractivity contribution is -0.123. The van der Waals surface area contributed by atoms with E-state index < -0.39 is 18.6 Å². The third-order valence-electron chi connectivity index (χ3n) is 2.74. The number of anilines is 2. The molecule has 1 heterocycles. The fourth-order valence-electron chi connectivity index (χ4n) is 1.54. The maximum Gasteiger partial charge on any atom is 0.405 e. The number of nitrogens with one attached hydrogen (secondary N) is 2. The second-order valence-electron chi connectivity index (χ2n) is 4.30. The molecule has 1 aliphatic rings. The number of halogens is 3. The van der Waals surface area contributed by atoms with Gasteiger partial charge in [-0.25, -0.2) is 4.98 Å².